The highest BCUT2D eigenvalue weighted by molar-refractivity contribution is 5.95. The summed E-state index contributed by atoms with van der Waals surface area (Å²) < 4.78 is 22.6. The molecule has 0 aromatic heterocycles. The van der Waals surface area contributed by atoms with Crippen LogP contribution in [0, 0.1) is 5.41 Å². The Morgan fingerprint density at radius 1 is 1.14 bits per heavy atom. The molecule has 42 heavy (non-hydrogen) atoms. The molecule has 1 amide bonds. The molecule has 1 aliphatic carbocycles. The summed E-state index contributed by atoms with van der Waals surface area (Å²) in [4.78, 5) is 30.9. The number of rotatable bonds is 6. The van der Waals surface area contributed by atoms with Crippen molar-refractivity contribution in [2.75, 3.05) is 45.5 Å². The fourth-order valence-electron chi connectivity index (χ4n) is 9.01. The molecule has 2 fully saturated rings. The molecule has 5 aliphatic rings. The standard InChI is InChI=1S/C32H37N3O7/c1-5-30-11-6-13-35-14-12-31(27(30)35)22-9-8-21(39-4)16-23(22)34(3)28(31)32(38,29(30)42-19(2)36)17-33-26(37)20-7-10-24-25(15-20)41-18-40-24/h6-11,15-16,27-29,38H,5,12-14,17-18H2,1-4H3,(H,33,37)/t27-,28+,29+,30?,31+,32-/m0/s1. The van der Waals surface area contributed by atoms with Crippen molar-refractivity contribution < 1.29 is 33.6 Å². The van der Waals surface area contributed by atoms with Crippen LogP contribution in [0.25, 0.3) is 0 Å². The normalized spacial score (nSPS) is 33.5. The molecule has 4 heterocycles. The van der Waals surface area contributed by atoms with Gasteiger partial charge in [0.2, 0.25) is 6.79 Å². The molecule has 2 aromatic rings. The lowest BCUT2D eigenvalue weighted by molar-refractivity contribution is -0.216. The first kappa shape index (κ1) is 27.1. The summed E-state index contributed by atoms with van der Waals surface area (Å²) >= 11 is 0. The van der Waals surface area contributed by atoms with Crippen LogP contribution in [0.15, 0.2) is 48.6 Å². The van der Waals surface area contributed by atoms with E-state index in [9.17, 15) is 14.7 Å². The number of fused-ring (bicyclic) bond motifs is 2. The van der Waals surface area contributed by atoms with Gasteiger partial charge in [0.05, 0.1) is 19.7 Å². The molecule has 1 unspecified atom stereocenters. The third kappa shape index (κ3) is 3.45. The highest BCUT2D eigenvalue weighted by atomic mass is 16.7. The molecule has 2 N–H and O–H groups in total. The van der Waals surface area contributed by atoms with E-state index in [0.29, 0.717) is 23.5 Å². The summed E-state index contributed by atoms with van der Waals surface area (Å²) in [6.45, 7) is 5.10. The maximum atomic E-state index is 13.5. The number of likely N-dealkylation sites (N-methyl/N-ethyl adjacent to an activating group) is 1. The number of carbonyl (C=O) groups excluding carboxylic acids is 2. The second kappa shape index (κ2) is 9.37. The maximum absolute atomic E-state index is 13.5. The zero-order valence-corrected chi connectivity index (χ0v) is 24.4. The number of esters is 1. The van der Waals surface area contributed by atoms with Crippen molar-refractivity contribution in [3.8, 4) is 17.2 Å². The Labute approximate surface area is 245 Å². The predicted octanol–water partition coefficient (Wildman–Crippen LogP) is 2.63. The number of nitrogens with zero attached hydrogens (tertiary/aromatic N) is 2. The molecule has 222 valence electrons. The largest absolute Gasteiger partial charge is 0.497 e. The Balaban J connectivity index is 1.37. The molecule has 1 saturated heterocycles. The molecule has 4 aliphatic heterocycles. The fourth-order valence-corrected chi connectivity index (χ4v) is 9.01. The monoisotopic (exact) mass is 575 g/mol. The Morgan fingerprint density at radius 3 is 2.71 bits per heavy atom. The molecule has 1 spiro atoms. The minimum atomic E-state index is -1.65. The van der Waals surface area contributed by atoms with Crippen molar-refractivity contribution >= 4 is 17.6 Å². The summed E-state index contributed by atoms with van der Waals surface area (Å²) in [5.74, 6) is 0.982. The number of aliphatic hydroxyl groups is 1. The van der Waals surface area contributed by atoms with Crippen molar-refractivity contribution in [1.82, 2.24) is 10.2 Å². The minimum Gasteiger partial charge on any atom is -0.497 e. The first-order valence-corrected chi connectivity index (χ1v) is 14.6. The van der Waals surface area contributed by atoms with Gasteiger partial charge in [0, 0.05) is 54.7 Å². The van der Waals surface area contributed by atoms with Crippen LogP contribution in [0.4, 0.5) is 5.69 Å². The van der Waals surface area contributed by atoms with Gasteiger partial charge < -0.3 is 34.3 Å². The first-order valence-electron chi connectivity index (χ1n) is 14.6. The second-order valence-electron chi connectivity index (χ2n) is 12.2. The number of carbonyl (C=O) groups is 2. The van der Waals surface area contributed by atoms with E-state index in [1.807, 2.05) is 19.2 Å². The van der Waals surface area contributed by atoms with E-state index < -0.39 is 34.5 Å². The molecule has 0 bridgehead atoms. The molecule has 0 radical (unpaired) electrons. The molecular formula is C32H37N3O7. The molecule has 2 aromatic carbocycles. The number of anilines is 1. The van der Waals surface area contributed by atoms with Crippen molar-refractivity contribution in [2.45, 2.75) is 55.9 Å². The van der Waals surface area contributed by atoms with Crippen LogP contribution < -0.4 is 24.4 Å². The lowest BCUT2D eigenvalue weighted by Crippen LogP contribution is -2.81. The van der Waals surface area contributed by atoms with Crippen LogP contribution in [0.3, 0.4) is 0 Å². The van der Waals surface area contributed by atoms with Gasteiger partial charge in [0.15, 0.2) is 11.5 Å². The van der Waals surface area contributed by atoms with E-state index in [1.54, 1.807) is 25.3 Å². The van der Waals surface area contributed by atoms with Crippen LogP contribution in [-0.2, 0) is 14.9 Å². The van der Waals surface area contributed by atoms with Crippen molar-refractivity contribution in [3.63, 3.8) is 0 Å². The summed E-state index contributed by atoms with van der Waals surface area (Å²) in [5, 5.41) is 16.2. The van der Waals surface area contributed by atoms with E-state index in [2.05, 4.69) is 40.3 Å². The highest BCUT2D eigenvalue weighted by Gasteiger charge is 2.77. The summed E-state index contributed by atoms with van der Waals surface area (Å²) in [5.41, 5.74) is -0.298. The third-order valence-electron chi connectivity index (χ3n) is 10.4. The van der Waals surface area contributed by atoms with Gasteiger partial charge in [-0.2, -0.15) is 0 Å². The smallest absolute Gasteiger partial charge is 0.303 e. The van der Waals surface area contributed by atoms with E-state index >= 15 is 0 Å². The third-order valence-corrected chi connectivity index (χ3v) is 10.4. The average Bonchev–Trinajstić information content (AvgIpc) is 3.69. The van der Waals surface area contributed by atoms with Crippen molar-refractivity contribution in [3.05, 3.63) is 59.7 Å². The van der Waals surface area contributed by atoms with Gasteiger partial charge in [-0.15, -0.1) is 0 Å². The Bertz CT molecular complexity index is 1490. The van der Waals surface area contributed by atoms with E-state index in [-0.39, 0.29) is 25.3 Å². The van der Waals surface area contributed by atoms with E-state index in [1.165, 1.54) is 6.92 Å². The van der Waals surface area contributed by atoms with Gasteiger partial charge in [0.1, 0.15) is 17.5 Å². The number of amides is 1. The van der Waals surface area contributed by atoms with E-state index in [4.69, 9.17) is 18.9 Å². The van der Waals surface area contributed by atoms with Crippen LogP contribution in [0.5, 0.6) is 17.2 Å². The Kier molecular flexibility index (Phi) is 6.05. The van der Waals surface area contributed by atoms with Crippen molar-refractivity contribution in [2.24, 2.45) is 5.41 Å². The lowest BCUT2D eigenvalue weighted by atomic mass is 9.47. The van der Waals surface area contributed by atoms with Gasteiger partial charge in [-0.25, -0.2) is 0 Å². The maximum Gasteiger partial charge on any atom is 0.303 e. The fraction of sp³-hybridized carbons (Fsp3) is 0.500. The molecule has 10 heteroatoms. The quantitative estimate of drug-likeness (QED) is 0.397. The highest BCUT2D eigenvalue weighted by Crippen LogP contribution is 2.67. The van der Waals surface area contributed by atoms with Crippen molar-refractivity contribution in [1.29, 1.82) is 0 Å². The molecule has 1 saturated carbocycles. The predicted molar refractivity (Wildman–Crippen MR) is 154 cm³/mol. The first-order chi connectivity index (χ1) is 20.2. The molecule has 6 atom stereocenters. The second-order valence-corrected chi connectivity index (χ2v) is 12.2. The van der Waals surface area contributed by atoms with Gasteiger partial charge in [0.25, 0.3) is 5.91 Å². The Morgan fingerprint density at radius 2 is 1.95 bits per heavy atom. The van der Waals surface area contributed by atoms with E-state index in [0.717, 1.165) is 36.5 Å². The van der Waals surface area contributed by atoms with Crippen LogP contribution in [0.2, 0.25) is 0 Å². The summed E-state index contributed by atoms with van der Waals surface area (Å²) in [7, 11) is 3.62. The van der Waals surface area contributed by atoms with Gasteiger partial charge in [-0.3, -0.25) is 14.5 Å². The summed E-state index contributed by atoms with van der Waals surface area (Å²) in [6.07, 6.45) is 4.85. The summed E-state index contributed by atoms with van der Waals surface area (Å²) in [6, 6.07) is 10.6. The molecule has 10 nitrogen and oxygen atoms in total. The van der Waals surface area contributed by atoms with Gasteiger partial charge in [-0.1, -0.05) is 25.1 Å². The van der Waals surface area contributed by atoms with Crippen LogP contribution >= 0.6 is 0 Å². The number of ether oxygens (including phenoxy) is 4. The van der Waals surface area contributed by atoms with Gasteiger partial charge >= 0.3 is 5.97 Å². The number of hydrogen-bond acceptors (Lipinski definition) is 9. The zero-order chi connectivity index (χ0) is 29.4. The molecular weight excluding hydrogens is 538 g/mol. The van der Waals surface area contributed by atoms with Gasteiger partial charge in [-0.05, 0) is 49.2 Å². The SMILES string of the molecule is CCC12C=CCN3CC[C@@]4(c5ccc(OC)cc5N(C)[C@H]4[C@@](O)(CNC(=O)c4ccc5c(c4)OCO5)[C@@H]1OC(C)=O)[C@@H]32. The van der Waals surface area contributed by atoms with Crippen LogP contribution in [-0.4, -0.2) is 86.3 Å². The minimum absolute atomic E-state index is 0.0173. The average molecular weight is 576 g/mol. The zero-order valence-electron chi connectivity index (χ0n) is 24.4. The number of benzene rings is 2. The topological polar surface area (TPSA) is 110 Å². The molecule has 7 rings (SSSR count). The number of nitrogens with one attached hydrogen (secondary N) is 1. The number of hydrogen-bond donors (Lipinski definition) is 2. The van der Waals surface area contributed by atoms with Crippen LogP contribution in [0.1, 0.15) is 42.6 Å². The Hall–Kier alpha value is -3.76. The lowest BCUT2D eigenvalue weighted by Gasteiger charge is -2.64. The number of methoxy groups -OCH3 is 1.